The molecule has 0 spiro atoms. The fourth-order valence-corrected chi connectivity index (χ4v) is 2.75. The SMILES string of the molecule is Cc1ccc(C(=O)c2ccc(C(C)(C)C)cc2)c(Br)c1. The molecule has 0 unspecified atom stereocenters. The van der Waals surface area contributed by atoms with Crippen molar-refractivity contribution in [1.82, 2.24) is 0 Å². The summed E-state index contributed by atoms with van der Waals surface area (Å²) in [4.78, 5) is 12.5. The average Bonchev–Trinajstić information content (AvgIpc) is 2.37. The summed E-state index contributed by atoms with van der Waals surface area (Å²) in [5.41, 5.74) is 3.90. The standard InChI is InChI=1S/C18H19BrO/c1-12-5-10-15(16(19)11-12)17(20)13-6-8-14(9-7-13)18(2,3)4/h5-11H,1-4H3. The van der Waals surface area contributed by atoms with Crippen LogP contribution in [0.4, 0.5) is 0 Å². The van der Waals surface area contributed by atoms with Crippen molar-refractivity contribution >= 4 is 21.7 Å². The average molecular weight is 331 g/mol. The maximum absolute atomic E-state index is 12.5. The Kier molecular flexibility index (Phi) is 4.14. The summed E-state index contributed by atoms with van der Waals surface area (Å²) < 4.78 is 0.849. The number of carbonyl (C=O) groups is 1. The molecule has 0 aliphatic carbocycles. The predicted molar refractivity (Wildman–Crippen MR) is 87.5 cm³/mol. The molecule has 0 atom stereocenters. The molecule has 20 heavy (non-hydrogen) atoms. The van der Waals surface area contributed by atoms with E-state index in [0.717, 1.165) is 15.6 Å². The Morgan fingerprint density at radius 2 is 1.60 bits per heavy atom. The van der Waals surface area contributed by atoms with E-state index < -0.39 is 0 Å². The van der Waals surface area contributed by atoms with E-state index in [1.165, 1.54) is 5.56 Å². The van der Waals surface area contributed by atoms with E-state index in [1.54, 1.807) is 0 Å². The highest BCUT2D eigenvalue weighted by molar-refractivity contribution is 9.10. The minimum atomic E-state index is 0.0531. The van der Waals surface area contributed by atoms with Gasteiger partial charge in [-0.15, -0.1) is 0 Å². The van der Waals surface area contributed by atoms with Crippen LogP contribution in [0.2, 0.25) is 0 Å². The number of halogens is 1. The lowest BCUT2D eigenvalue weighted by Gasteiger charge is -2.19. The zero-order chi connectivity index (χ0) is 14.9. The lowest BCUT2D eigenvalue weighted by atomic mass is 9.86. The maximum atomic E-state index is 12.5. The Bertz CT molecular complexity index is 633. The molecule has 0 aliphatic rings. The first-order valence-corrected chi connectivity index (χ1v) is 7.50. The molecule has 0 saturated carbocycles. The Morgan fingerprint density at radius 1 is 1.00 bits per heavy atom. The zero-order valence-corrected chi connectivity index (χ0v) is 13.9. The second-order valence-corrected chi connectivity index (χ2v) is 6.99. The second kappa shape index (κ2) is 5.53. The van der Waals surface area contributed by atoms with Crippen molar-refractivity contribution in [2.24, 2.45) is 0 Å². The number of ketones is 1. The Labute approximate surface area is 129 Å². The van der Waals surface area contributed by atoms with Crippen LogP contribution in [0, 0.1) is 6.92 Å². The van der Waals surface area contributed by atoms with Gasteiger partial charge >= 0.3 is 0 Å². The number of carbonyl (C=O) groups excluding carboxylic acids is 1. The molecule has 2 aromatic rings. The van der Waals surface area contributed by atoms with Gasteiger partial charge in [0.2, 0.25) is 0 Å². The van der Waals surface area contributed by atoms with Gasteiger partial charge in [-0.25, -0.2) is 0 Å². The lowest BCUT2D eigenvalue weighted by molar-refractivity contribution is 0.103. The van der Waals surface area contributed by atoms with Crippen LogP contribution in [0.1, 0.15) is 47.8 Å². The van der Waals surface area contributed by atoms with E-state index in [4.69, 9.17) is 0 Å². The summed E-state index contributed by atoms with van der Waals surface area (Å²) >= 11 is 3.47. The normalized spacial score (nSPS) is 11.4. The van der Waals surface area contributed by atoms with E-state index in [1.807, 2.05) is 49.4 Å². The third-order valence-electron chi connectivity index (χ3n) is 3.38. The topological polar surface area (TPSA) is 17.1 Å². The van der Waals surface area contributed by atoms with Gasteiger partial charge in [0.1, 0.15) is 0 Å². The maximum Gasteiger partial charge on any atom is 0.194 e. The molecule has 104 valence electrons. The quantitative estimate of drug-likeness (QED) is 0.684. The highest BCUT2D eigenvalue weighted by atomic mass is 79.9. The van der Waals surface area contributed by atoms with Gasteiger partial charge in [0.15, 0.2) is 5.78 Å². The first kappa shape index (κ1) is 15.0. The number of hydrogen-bond donors (Lipinski definition) is 0. The van der Waals surface area contributed by atoms with Crippen LogP contribution in [-0.2, 0) is 5.41 Å². The van der Waals surface area contributed by atoms with Crippen LogP contribution in [0.5, 0.6) is 0 Å². The van der Waals surface area contributed by atoms with Gasteiger partial charge in [-0.3, -0.25) is 4.79 Å². The van der Waals surface area contributed by atoms with E-state index in [2.05, 4.69) is 36.7 Å². The van der Waals surface area contributed by atoms with Crippen LogP contribution >= 0.6 is 15.9 Å². The smallest absolute Gasteiger partial charge is 0.194 e. The molecule has 0 fully saturated rings. The van der Waals surface area contributed by atoms with Gasteiger partial charge in [-0.05, 0) is 35.6 Å². The van der Waals surface area contributed by atoms with Crippen molar-refractivity contribution < 1.29 is 4.79 Å². The minimum Gasteiger partial charge on any atom is -0.289 e. The van der Waals surface area contributed by atoms with E-state index >= 15 is 0 Å². The lowest BCUT2D eigenvalue weighted by Crippen LogP contribution is -2.11. The minimum absolute atomic E-state index is 0.0531. The highest BCUT2D eigenvalue weighted by Crippen LogP contribution is 2.25. The Hall–Kier alpha value is -1.41. The van der Waals surface area contributed by atoms with Gasteiger partial charge in [-0.1, -0.05) is 67.0 Å². The van der Waals surface area contributed by atoms with Gasteiger partial charge in [-0.2, -0.15) is 0 Å². The summed E-state index contributed by atoms with van der Waals surface area (Å²) in [5.74, 6) is 0.0531. The van der Waals surface area contributed by atoms with Gasteiger partial charge in [0, 0.05) is 15.6 Å². The van der Waals surface area contributed by atoms with Crippen molar-refractivity contribution in [3.05, 3.63) is 69.2 Å². The second-order valence-electron chi connectivity index (χ2n) is 6.14. The summed E-state index contributed by atoms with van der Waals surface area (Å²) in [6, 6.07) is 13.7. The molecule has 2 rings (SSSR count). The van der Waals surface area contributed by atoms with Crippen LogP contribution < -0.4 is 0 Å². The summed E-state index contributed by atoms with van der Waals surface area (Å²) in [6.07, 6.45) is 0. The molecular weight excluding hydrogens is 312 g/mol. The fraction of sp³-hybridized carbons (Fsp3) is 0.278. The Morgan fingerprint density at radius 3 is 2.10 bits per heavy atom. The van der Waals surface area contributed by atoms with Crippen molar-refractivity contribution in [2.75, 3.05) is 0 Å². The molecular formula is C18H19BrO. The van der Waals surface area contributed by atoms with E-state index in [0.29, 0.717) is 5.56 Å². The largest absolute Gasteiger partial charge is 0.289 e. The molecule has 0 radical (unpaired) electrons. The molecule has 1 nitrogen and oxygen atoms in total. The summed E-state index contributed by atoms with van der Waals surface area (Å²) in [7, 11) is 0. The van der Waals surface area contributed by atoms with Gasteiger partial charge < -0.3 is 0 Å². The van der Waals surface area contributed by atoms with Gasteiger partial charge in [0.25, 0.3) is 0 Å². The first-order valence-electron chi connectivity index (χ1n) is 6.70. The monoisotopic (exact) mass is 330 g/mol. The number of aryl methyl sites for hydroxylation is 1. The van der Waals surface area contributed by atoms with E-state index in [-0.39, 0.29) is 11.2 Å². The number of benzene rings is 2. The summed E-state index contributed by atoms with van der Waals surface area (Å²) in [5, 5.41) is 0. The van der Waals surface area contributed by atoms with Crippen molar-refractivity contribution in [3.63, 3.8) is 0 Å². The molecule has 0 N–H and O–H groups in total. The summed E-state index contributed by atoms with van der Waals surface area (Å²) in [6.45, 7) is 8.51. The molecule has 0 amide bonds. The molecule has 0 aliphatic heterocycles. The molecule has 0 heterocycles. The van der Waals surface area contributed by atoms with Crippen molar-refractivity contribution in [1.29, 1.82) is 0 Å². The van der Waals surface area contributed by atoms with E-state index in [9.17, 15) is 4.79 Å². The molecule has 2 aromatic carbocycles. The fourth-order valence-electron chi connectivity index (χ4n) is 2.08. The van der Waals surface area contributed by atoms with Crippen molar-refractivity contribution in [2.45, 2.75) is 33.1 Å². The number of hydrogen-bond acceptors (Lipinski definition) is 1. The van der Waals surface area contributed by atoms with Crippen LogP contribution in [0.3, 0.4) is 0 Å². The third-order valence-corrected chi connectivity index (χ3v) is 4.04. The highest BCUT2D eigenvalue weighted by Gasteiger charge is 2.16. The molecule has 0 saturated heterocycles. The van der Waals surface area contributed by atoms with Crippen LogP contribution in [0.15, 0.2) is 46.9 Å². The zero-order valence-electron chi connectivity index (χ0n) is 12.3. The number of rotatable bonds is 2. The van der Waals surface area contributed by atoms with Crippen LogP contribution in [-0.4, -0.2) is 5.78 Å². The van der Waals surface area contributed by atoms with Crippen LogP contribution in [0.25, 0.3) is 0 Å². The molecule has 0 aromatic heterocycles. The van der Waals surface area contributed by atoms with Gasteiger partial charge in [0.05, 0.1) is 0 Å². The third kappa shape index (κ3) is 3.18. The molecule has 2 heteroatoms. The predicted octanol–water partition coefficient (Wildman–Crippen LogP) is 5.29. The first-order chi connectivity index (χ1) is 9.29. The van der Waals surface area contributed by atoms with Crippen molar-refractivity contribution in [3.8, 4) is 0 Å². The Balaban J connectivity index is 2.34. The molecule has 0 bridgehead atoms.